The molecule has 1 amide bonds. The van der Waals surface area contributed by atoms with Gasteiger partial charge in [0.1, 0.15) is 11.9 Å². The maximum atomic E-state index is 13.5. The smallest absolute Gasteiger partial charge is 0.306 e. The number of carbonyl (C=O) groups is 2. The fourth-order valence-corrected chi connectivity index (χ4v) is 5.66. The molecule has 0 saturated carbocycles. The summed E-state index contributed by atoms with van der Waals surface area (Å²) >= 11 is 0. The summed E-state index contributed by atoms with van der Waals surface area (Å²) in [5, 5.41) is 18.6. The summed E-state index contributed by atoms with van der Waals surface area (Å²) in [6, 6.07) is 17.8. The number of amidine groups is 1. The van der Waals surface area contributed by atoms with Gasteiger partial charge < -0.3 is 15.7 Å². The van der Waals surface area contributed by atoms with Crippen molar-refractivity contribution in [3.05, 3.63) is 77.9 Å². The first-order chi connectivity index (χ1) is 17.1. The number of amides is 1. The van der Waals surface area contributed by atoms with Crippen molar-refractivity contribution in [2.45, 2.75) is 30.2 Å². The van der Waals surface area contributed by atoms with E-state index in [2.05, 4.69) is 4.72 Å². The number of rotatable bonds is 8. The van der Waals surface area contributed by atoms with Crippen LogP contribution in [0.15, 0.2) is 71.6 Å². The van der Waals surface area contributed by atoms with Gasteiger partial charge in [0.25, 0.3) is 0 Å². The zero-order valence-electron chi connectivity index (χ0n) is 19.6. The molecular weight excluding hydrogens is 480 g/mol. The third-order valence-corrected chi connectivity index (χ3v) is 7.93. The molecule has 4 rings (SSSR count). The second kappa shape index (κ2) is 10.5. The Kier molecular flexibility index (Phi) is 7.37. The number of nitrogens with two attached hydrogens (primary N) is 1. The standard InChI is InChI=1S/C26H28N4O5S/c27-24(28)21-7-3-4-17(14-21)15-23(25(31)30-12-10-19(11-13-30)26(32)33)29-36(34,35)22-9-8-18-5-1-2-6-20(18)16-22/h1-9,14,16,19,23,29H,10-13,15H2,(H3,27,28)(H,32,33)/t23-/m0/s1. The van der Waals surface area contributed by atoms with Crippen LogP contribution in [-0.4, -0.2) is 55.3 Å². The van der Waals surface area contributed by atoms with Crippen molar-refractivity contribution in [2.75, 3.05) is 13.1 Å². The maximum absolute atomic E-state index is 13.5. The Balaban J connectivity index is 1.62. The van der Waals surface area contributed by atoms with Gasteiger partial charge in [0.15, 0.2) is 0 Å². The van der Waals surface area contributed by atoms with Crippen molar-refractivity contribution in [1.82, 2.24) is 9.62 Å². The number of carbonyl (C=O) groups excluding carboxylic acids is 1. The molecule has 1 heterocycles. The minimum atomic E-state index is -4.06. The average Bonchev–Trinajstić information content (AvgIpc) is 2.87. The fraction of sp³-hybridized carbons (Fsp3) is 0.269. The molecule has 10 heteroatoms. The number of likely N-dealkylation sites (tertiary alicyclic amines) is 1. The number of sulfonamides is 1. The molecule has 1 saturated heterocycles. The van der Waals surface area contributed by atoms with Crippen LogP contribution in [0.3, 0.4) is 0 Å². The molecule has 1 aliphatic rings. The molecule has 3 aromatic rings. The molecule has 0 aliphatic carbocycles. The van der Waals surface area contributed by atoms with E-state index in [1.807, 2.05) is 24.3 Å². The van der Waals surface area contributed by atoms with Crippen LogP contribution < -0.4 is 10.5 Å². The Labute approximate surface area is 209 Å². The van der Waals surface area contributed by atoms with Crippen LogP contribution in [-0.2, 0) is 26.0 Å². The Morgan fingerprint density at radius 2 is 1.72 bits per heavy atom. The van der Waals surface area contributed by atoms with Gasteiger partial charge in [0.2, 0.25) is 15.9 Å². The molecule has 0 aromatic heterocycles. The number of carboxylic acid groups (broad SMARTS) is 1. The highest BCUT2D eigenvalue weighted by molar-refractivity contribution is 7.89. The molecule has 0 radical (unpaired) electrons. The zero-order chi connectivity index (χ0) is 25.9. The number of fused-ring (bicyclic) bond motifs is 1. The first kappa shape index (κ1) is 25.3. The van der Waals surface area contributed by atoms with Crippen LogP contribution in [0, 0.1) is 11.3 Å². The van der Waals surface area contributed by atoms with Gasteiger partial charge in [-0.25, -0.2) is 8.42 Å². The van der Waals surface area contributed by atoms with Gasteiger partial charge in [-0.2, -0.15) is 4.72 Å². The second-order valence-electron chi connectivity index (χ2n) is 8.94. The Morgan fingerprint density at radius 3 is 2.39 bits per heavy atom. The topological polar surface area (TPSA) is 154 Å². The minimum Gasteiger partial charge on any atom is -0.481 e. The van der Waals surface area contributed by atoms with E-state index < -0.39 is 33.9 Å². The number of nitrogen functional groups attached to an aromatic ring is 1. The number of hydrogen-bond donors (Lipinski definition) is 4. The lowest BCUT2D eigenvalue weighted by atomic mass is 9.96. The van der Waals surface area contributed by atoms with Gasteiger partial charge in [-0.1, -0.05) is 48.5 Å². The SMILES string of the molecule is N=C(N)c1cccc(C[C@H](NS(=O)(=O)c2ccc3ccccc3c2)C(=O)N2CCC(C(=O)O)CC2)c1. The number of aliphatic carboxylic acids is 1. The van der Waals surface area contributed by atoms with Crippen LogP contribution >= 0.6 is 0 Å². The third kappa shape index (κ3) is 5.72. The van der Waals surface area contributed by atoms with Gasteiger partial charge in [-0.3, -0.25) is 15.0 Å². The summed E-state index contributed by atoms with van der Waals surface area (Å²) in [4.78, 5) is 26.4. The highest BCUT2D eigenvalue weighted by Crippen LogP contribution is 2.22. The molecule has 3 aromatic carbocycles. The number of piperidine rings is 1. The van der Waals surface area contributed by atoms with E-state index in [1.54, 1.807) is 36.4 Å². The van der Waals surface area contributed by atoms with Crippen molar-refractivity contribution in [1.29, 1.82) is 5.41 Å². The van der Waals surface area contributed by atoms with E-state index in [9.17, 15) is 23.1 Å². The van der Waals surface area contributed by atoms with Crippen LogP contribution in [0.5, 0.6) is 0 Å². The summed E-state index contributed by atoms with van der Waals surface area (Å²) in [7, 11) is -4.06. The van der Waals surface area contributed by atoms with Crippen LogP contribution in [0.2, 0.25) is 0 Å². The predicted molar refractivity (Wildman–Crippen MR) is 136 cm³/mol. The highest BCUT2D eigenvalue weighted by Gasteiger charge is 2.33. The number of hydrogen-bond acceptors (Lipinski definition) is 5. The first-order valence-corrected chi connectivity index (χ1v) is 13.1. The van der Waals surface area contributed by atoms with Gasteiger partial charge in [0.05, 0.1) is 10.8 Å². The lowest BCUT2D eigenvalue weighted by Crippen LogP contribution is -2.52. The van der Waals surface area contributed by atoms with Gasteiger partial charge >= 0.3 is 5.97 Å². The van der Waals surface area contributed by atoms with E-state index in [-0.39, 0.29) is 30.2 Å². The zero-order valence-corrected chi connectivity index (χ0v) is 20.4. The van der Waals surface area contributed by atoms with Gasteiger partial charge in [0, 0.05) is 18.7 Å². The Hall–Kier alpha value is -3.76. The van der Waals surface area contributed by atoms with Crippen LogP contribution in [0.1, 0.15) is 24.0 Å². The van der Waals surface area contributed by atoms with E-state index >= 15 is 0 Å². The lowest BCUT2D eigenvalue weighted by Gasteiger charge is -2.33. The number of benzene rings is 3. The van der Waals surface area contributed by atoms with E-state index in [1.165, 1.54) is 11.0 Å². The lowest BCUT2D eigenvalue weighted by molar-refractivity contribution is -0.146. The fourth-order valence-electron chi connectivity index (χ4n) is 4.44. The van der Waals surface area contributed by atoms with Crippen molar-refractivity contribution in [3.63, 3.8) is 0 Å². The molecule has 1 fully saturated rings. The Morgan fingerprint density at radius 1 is 1.03 bits per heavy atom. The molecule has 1 atom stereocenters. The maximum Gasteiger partial charge on any atom is 0.306 e. The number of nitrogens with zero attached hydrogens (tertiary/aromatic N) is 1. The van der Waals surface area contributed by atoms with E-state index in [4.69, 9.17) is 11.1 Å². The van der Waals surface area contributed by atoms with Crippen LogP contribution in [0.25, 0.3) is 10.8 Å². The molecular formula is C26H28N4O5S. The summed E-state index contributed by atoms with van der Waals surface area (Å²) < 4.78 is 29.3. The molecule has 36 heavy (non-hydrogen) atoms. The summed E-state index contributed by atoms with van der Waals surface area (Å²) in [6.07, 6.45) is 0.668. The monoisotopic (exact) mass is 508 g/mol. The van der Waals surface area contributed by atoms with Crippen molar-refractivity contribution in [3.8, 4) is 0 Å². The molecule has 188 valence electrons. The largest absolute Gasteiger partial charge is 0.481 e. The van der Waals surface area contributed by atoms with Crippen molar-refractivity contribution in [2.24, 2.45) is 11.7 Å². The average molecular weight is 509 g/mol. The molecule has 0 bridgehead atoms. The van der Waals surface area contributed by atoms with Crippen LogP contribution in [0.4, 0.5) is 0 Å². The minimum absolute atomic E-state index is 0.0427. The van der Waals surface area contributed by atoms with Gasteiger partial charge in [-0.05, 0) is 53.8 Å². The molecule has 0 spiro atoms. The van der Waals surface area contributed by atoms with Crippen molar-refractivity contribution >= 4 is 38.5 Å². The number of carboxylic acids is 1. The summed E-state index contributed by atoms with van der Waals surface area (Å²) in [5.74, 6) is -1.96. The summed E-state index contributed by atoms with van der Waals surface area (Å²) in [5.41, 5.74) is 6.71. The normalized spacial score (nSPS) is 15.5. The molecule has 5 N–H and O–H groups in total. The van der Waals surface area contributed by atoms with Crippen molar-refractivity contribution < 1.29 is 23.1 Å². The van der Waals surface area contributed by atoms with Gasteiger partial charge in [-0.15, -0.1) is 0 Å². The molecule has 0 unspecified atom stereocenters. The second-order valence-corrected chi connectivity index (χ2v) is 10.7. The molecule has 9 nitrogen and oxygen atoms in total. The highest BCUT2D eigenvalue weighted by atomic mass is 32.2. The Bertz CT molecular complexity index is 1410. The quantitative estimate of drug-likeness (QED) is 0.271. The number of nitrogens with one attached hydrogen (secondary N) is 2. The first-order valence-electron chi connectivity index (χ1n) is 11.6. The molecule has 1 aliphatic heterocycles. The van der Waals surface area contributed by atoms with E-state index in [0.717, 1.165) is 10.8 Å². The van der Waals surface area contributed by atoms with E-state index in [0.29, 0.717) is 24.0 Å². The predicted octanol–water partition coefficient (Wildman–Crippen LogP) is 2.34. The summed E-state index contributed by atoms with van der Waals surface area (Å²) in [6.45, 7) is 0.467. The third-order valence-electron chi connectivity index (χ3n) is 6.46.